The van der Waals surface area contributed by atoms with Crippen molar-refractivity contribution in [2.45, 2.75) is 0 Å². The summed E-state index contributed by atoms with van der Waals surface area (Å²) in [6.07, 6.45) is 0. The summed E-state index contributed by atoms with van der Waals surface area (Å²) in [5.41, 5.74) is 0.0210. The van der Waals surface area contributed by atoms with Crippen molar-refractivity contribution < 1.29 is 9.31 Å². The lowest BCUT2D eigenvalue weighted by Gasteiger charge is -2.06. The number of nitriles is 1. The van der Waals surface area contributed by atoms with Crippen molar-refractivity contribution in [3.63, 3.8) is 0 Å². The lowest BCUT2D eigenvalue weighted by Crippen LogP contribution is -1.99. The molecule has 0 spiro atoms. The molecule has 0 unspecified atom stereocenters. The first-order valence-electron chi connectivity index (χ1n) is 5.59. The minimum Gasteiger partial charge on any atom is -0.373 e. The molecule has 0 saturated carbocycles. The summed E-state index contributed by atoms with van der Waals surface area (Å²) in [5, 5.41) is 22.6. The molecule has 100 valence electrons. The van der Waals surface area contributed by atoms with Gasteiger partial charge in [-0.3, -0.25) is 10.1 Å². The number of hydrogen-bond donors (Lipinski definition) is 1. The zero-order chi connectivity index (χ0) is 14.7. The van der Waals surface area contributed by atoms with E-state index in [0.29, 0.717) is 5.82 Å². The summed E-state index contributed by atoms with van der Waals surface area (Å²) in [4.78, 5) is 14.5. The molecule has 2 rings (SSSR count). The van der Waals surface area contributed by atoms with Crippen LogP contribution >= 0.6 is 0 Å². The van der Waals surface area contributed by atoms with Gasteiger partial charge < -0.3 is 5.32 Å². The average molecular weight is 272 g/mol. The summed E-state index contributed by atoms with van der Waals surface area (Å²) in [6, 6.07) is 8.05. The van der Waals surface area contributed by atoms with Gasteiger partial charge in [-0.05, 0) is 24.3 Å². The molecular weight excluding hydrogens is 263 g/mol. The van der Waals surface area contributed by atoms with E-state index in [2.05, 4.69) is 10.3 Å². The van der Waals surface area contributed by atoms with Crippen molar-refractivity contribution in [3.05, 3.63) is 51.8 Å². The molecule has 0 fully saturated rings. The number of rotatable bonds is 3. The molecule has 0 bridgehead atoms. The Bertz CT molecular complexity index is 725. The molecule has 1 heterocycles. The summed E-state index contributed by atoms with van der Waals surface area (Å²) < 4.78 is 13.5. The molecular formula is C13H9FN4O2. The fraction of sp³-hybridized carbons (Fsp3) is 0.0769. The van der Waals surface area contributed by atoms with Gasteiger partial charge in [-0.2, -0.15) is 5.26 Å². The van der Waals surface area contributed by atoms with Gasteiger partial charge in [0.05, 0.1) is 16.6 Å². The van der Waals surface area contributed by atoms with Crippen molar-refractivity contribution in [1.82, 2.24) is 4.98 Å². The number of halogens is 1. The predicted octanol–water partition coefficient (Wildman–Crippen LogP) is 2.71. The third-order valence-corrected chi connectivity index (χ3v) is 2.63. The van der Waals surface area contributed by atoms with E-state index in [1.807, 2.05) is 0 Å². The van der Waals surface area contributed by atoms with Gasteiger partial charge in [0, 0.05) is 18.7 Å². The van der Waals surface area contributed by atoms with Crippen molar-refractivity contribution >= 4 is 11.5 Å². The van der Waals surface area contributed by atoms with Crippen LogP contribution in [0.25, 0.3) is 11.3 Å². The van der Waals surface area contributed by atoms with Gasteiger partial charge >= 0.3 is 0 Å². The molecule has 1 aromatic heterocycles. The Hall–Kier alpha value is -3.01. The smallest absolute Gasteiger partial charge is 0.295 e. The number of nitrogens with zero attached hydrogens (tertiary/aromatic N) is 3. The number of aromatic nitrogens is 1. The van der Waals surface area contributed by atoms with Gasteiger partial charge in [0.15, 0.2) is 5.69 Å². The van der Waals surface area contributed by atoms with Gasteiger partial charge in [0.1, 0.15) is 11.6 Å². The van der Waals surface area contributed by atoms with E-state index in [-0.39, 0.29) is 22.5 Å². The second kappa shape index (κ2) is 5.32. The fourth-order valence-electron chi connectivity index (χ4n) is 1.74. The van der Waals surface area contributed by atoms with Gasteiger partial charge in [-0.1, -0.05) is 0 Å². The molecule has 20 heavy (non-hydrogen) atoms. The highest BCUT2D eigenvalue weighted by molar-refractivity contribution is 5.72. The SMILES string of the molecule is CNc1ccc([N+](=O)[O-])c(-c2cc(F)cc(C#N)c2)n1. The minimum atomic E-state index is -0.648. The molecule has 0 aliphatic heterocycles. The number of nitrogens with one attached hydrogen (secondary N) is 1. The molecule has 0 amide bonds. The van der Waals surface area contributed by atoms with Crippen molar-refractivity contribution in [2.24, 2.45) is 0 Å². The molecule has 1 N–H and O–H groups in total. The molecule has 6 nitrogen and oxygen atoms in total. The number of pyridine rings is 1. The van der Waals surface area contributed by atoms with Crippen molar-refractivity contribution in [1.29, 1.82) is 5.26 Å². The van der Waals surface area contributed by atoms with Crippen LogP contribution in [-0.2, 0) is 0 Å². The first-order chi connectivity index (χ1) is 9.55. The summed E-state index contributed by atoms with van der Waals surface area (Å²) in [7, 11) is 1.62. The van der Waals surface area contributed by atoms with Crippen LogP contribution in [0.2, 0.25) is 0 Å². The van der Waals surface area contributed by atoms with Crippen LogP contribution in [0.1, 0.15) is 5.56 Å². The van der Waals surface area contributed by atoms with Crippen molar-refractivity contribution in [2.75, 3.05) is 12.4 Å². The highest BCUT2D eigenvalue weighted by Gasteiger charge is 2.18. The predicted molar refractivity (Wildman–Crippen MR) is 70.5 cm³/mol. The molecule has 7 heteroatoms. The van der Waals surface area contributed by atoms with Crippen LogP contribution < -0.4 is 5.32 Å². The summed E-state index contributed by atoms with van der Waals surface area (Å²) in [6.45, 7) is 0. The lowest BCUT2D eigenvalue weighted by atomic mass is 10.1. The number of hydrogen-bond acceptors (Lipinski definition) is 5. The number of anilines is 1. The van der Waals surface area contributed by atoms with Crippen LogP contribution in [0.3, 0.4) is 0 Å². The maximum Gasteiger partial charge on any atom is 0.295 e. The zero-order valence-corrected chi connectivity index (χ0v) is 10.4. The van der Waals surface area contributed by atoms with E-state index >= 15 is 0 Å². The van der Waals surface area contributed by atoms with Crippen LogP contribution in [0.15, 0.2) is 30.3 Å². The topological polar surface area (TPSA) is 91.9 Å². The summed E-state index contributed by atoms with van der Waals surface area (Å²) in [5.74, 6) is -0.238. The molecule has 0 atom stereocenters. The second-order valence-corrected chi connectivity index (χ2v) is 3.91. The molecule has 1 aromatic carbocycles. The first-order valence-corrected chi connectivity index (χ1v) is 5.59. The third kappa shape index (κ3) is 2.54. The van der Waals surface area contributed by atoms with Crippen molar-refractivity contribution in [3.8, 4) is 17.3 Å². The minimum absolute atomic E-state index is 0.0119. The quantitative estimate of drug-likeness (QED) is 0.685. The Morgan fingerprint density at radius 2 is 2.15 bits per heavy atom. The largest absolute Gasteiger partial charge is 0.373 e. The number of nitro groups is 1. The van der Waals surface area contributed by atoms with E-state index in [0.717, 1.165) is 12.1 Å². The van der Waals surface area contributed by atoms with Gasteiger partial charge in [0.25, 0.3) is 5.69 Å². The maximum atomic E-state index is 13.5. The lowest BCUT2D eigenvalue weighted by molar-refractivity contribution is -0.384. The molecule has 0 aliphatic carbocycles. The zero-order valence-electron chi connectivity index (χ0n) is 10.4. The van der Waals surface area contributed by atoms with Crippen LogP contribution in [-0.4, -0.2) is 17.0 Å². The molecule has 0 saturated heterocycles. The first kappa shape index (κ1) is 13.4. The Balaban J connectivity index is 2.70. The van der Waals surface area contributed by atoms with E-state index in [1.165, 1.54) is 18.2 Å². The Kier molecular flexibility index (Phi) is 3.57. The van der Waals surface area contributed by atoms with Gasteiger partial charge in [-0.25, -0.2) is 9.37 Å². The fourth-order valence-corrected chi connectivity index (χ4v) is 1.74. The number of benzene rings is 1. The van der Waals surface area contributed by atoms with E-state index < -0.39 is 10.7 Å². The van der Waals surface area contributed by atoms with Gasteiger partial charge in [0.2, 0.25) is 0 Å². The van der Waals surface area contributed by atoms with E-state index in [1.54, 1.807) is 13.1 Å². The highest BCUT2D eigenvalue weighted by Crippen LogP contribution is 2.30. The van der Waals surface area contributed by atoms with E-state index in [9.17, 15) is 14.5 Å². The summed E-state index contributed by atoms with van der Waals surface area (Å²) >= 11 is 0. The normalized spacial score (nSPS) is 9.85. The Morgan fingerprint density at radius 1 is 1.40 bits per heavy atom. The van der Waals surface area contributed by atoms with Gasteiger partial charge in [-0.15, -0.1) is 0 Å². The standard InChI is InChI=1S/C13H9FN4O2/c1-16-12-3-2-11(18(19)20)13(17-12)9-4-8(7-15)5-10(14)6-9/h2-6H,1H3,(H,16,17). The van der Waals surface area contributed by atoms with Crippen LogP contribution in [0, 0.1) is 27.3 Å². The maximum absolute atomic E-state index is 13.5. The highest BCUT2D eigenvalue weighted by atomic mass is 19.1. The second-order valence-electron chi connectivity index (χ2n) is 3.91. The van der Waals surface area contributed by atoms with E-state index in [4.69, 9.17) is 5.26 Å². The monoisotopic (exact) mass is 272 g/mol. The molecule has 0 aliphatic rings. The Labute approximate surface area is 113 Å². The molecule has 0 radical (unpaired) electrons. The van der Waals surface area contributed by atoms with Crippen LogP contribution in [0.5, 0.6) is 0 Å². The molecule has 2 aromatic rings. The third-order valence-electron chi connectivity index (χ3n) is 2.63. The Morgan fingerprint density at radius 3 is 2.75 bits per heavy atom. The average Bonchev–Trinajstić information content (AvgIpc) is 2.45. The van der Waals surface area contributed by atoms with Crippen LogP contribution in [0.4, 0.5) is 15.9 Å².